The minimum absolute atomic E-state index is 0.154. The minimum Gasteiger partial charge on any atom is -0.337 e. The molecular weight excluding hydrogens is 310 g/mol. The van der Waals surface area contributed by atoms with Gasteiger partial charge >= 0.3 is 0 Å². The SMILES string of the molecule is CN(Cc1nc(-c2ccccn2)no1)C(=O)c1ccc(=O)n(C)c1. The van der Waals surface area contributed by atoms with Crippen LogP contribution in [0.5, 0.6) is 0 Å². The summed E-state index contributed by atoms with van der Waals surface area (Å²) < 4.78 is 6.52. The molecule has 0 radical (unpaired) electrons. The maximum Gasteiger partial charge on any atom is 0.255 e. The summed E-state index contributed by atoms with van der Waals surface area (Å²) in [4.78, 5) is 33.6. The van der Waals surface area contributed by atoms with E-state index in [1.807, 2.05) is 6.07 Å². The molecule has 3 aromatic rings. The highest BCUT2D eigenvalue weighted by Gasteiger charge is 2.17. The van der Waals surface area contributed by atoms with Gasteiger partial charge in [0.2, 0.25) is 17.3 Å². The fraction of sp³-hybridized carbons (Fsp3) is 0.188. The Morgan fingerprint density at radius 3 is 2.83 bits per heavy atom. The molecule has 3 rings (SSSR count). The Morgan fingerprint density at radius 1 is 1.29 bits per heavy atom. The molecule has 0 aromatic carbocycles. The smallest absolute Gasteiger partial charge is 0.255 e. The Kier molecular flexibility index (Phi) is 4.19. The lowest BCUT2D eigenvalue weighted by Gasteiger charge is -2.15. The van der Waals surface area contributed by atoms with Gasteiger partial charge in [-0.3, -0.25) is 14.6 Å². The predicted octanol–water partition coefficient (Wildman–Crippen LogP) is 1.10. The van der Waals surface area contributed by atoms with Crippen molar-refractivity contribution < 1.29 is 9.32 Å². The lowest BCUT2D eigenvalue weighted by Crippen LogP contribution is -2.28. The molecule has 0 spiro atoms. The molecule has 3 aromatic heterocycles. The second-order valence-corrected chi connectivity index (χ2v) is 5.25. The molecule has 8 nitrogen and oxygen atoms in total. The molecule has 0 aliphatic rings. The largest absolute Gasteiger partial charge is 0.337 e. The number of pyridine rings is 2. The summed E-state index contributed by atoms with van der Waals surface area (Å²) in [6, 6.07) is 8.24. The zero-order chi connectivity index (χ0) is 17.1. The summed E-state index contributed by atoms with van der Waals surface area (Å²) in [7, 11) is 3.22. The number of hydrogen-bond donors (Lipinski definition) is 0. The maximum atomic E-state index is 12.4. The molecule has 0 saturated heterocycles. The summed E-state index contributed by atoms with van der Waals surface area (Å²) in [6.07, 6.45) is 3.13. The number of carbonyl (C=O) groups is 1. The molecule has 3 heterocycles. The van der Waals surface area contributed by atoms with Crippen molar-refractivity contribution in [2.75, 3.05) is 7.05 Å². The Morgan fingerprint density at radius 2 is 2.12 bits per heavy atom. The van der Waals surface area contributed by atoms with Crippen molar-refractivity contribution in [1.82, 2.24) is 24.6 Å². The van der Waals surface area contributed by atoms with Crippen LogP contribution in [0, 0.1) is 0 Å². The molecule has 24 heavy (non-hydrogen) atoms. The van der Waals surface area contributed by atoms with Crippen LogP contribution in [-0.4, -0.2) is 37.5 Å². The zero-order valence-electron chi connectivity index (χ0n) is 13.2. The van der Waals surface area contributed by atoms with Crippen molar-refractivity contribution in [2.24, 2.45) is 7.05 Å². The highest BCUT2D eigenvalue weighted by molar-refractivity contribution is 5.93. The first-order chi connectivity index (χ1) is 11.5. The summed E-state index contributed by atoms with van der Waals surface area (Å²) in [5, 5.41) is 3.87. The van der Waals surface area contributed by atoms with Gasteiger partial charge in [0.05, 0.1) is 12.1 Å². The number of carbonyl (C=O) groups excluding carboxylic acids is 1. The molecule has 8 heteroatoms. The standard InChI is InChI=1S/C16H15N5O3/c1-20-9-11(6-7-14(20)22)16(23)21(2)10-13-18-15(19-24-13)12-5-3-4-8-17-12/h3-9H,10H2,1-2H3. The van der Waals surface area contributed by atoms with Gasteiger partial charge in [-0.25, -0.2) is 0 Å². The number of hydrogen-bond acceptors (Lipinski definition) is 6. The van der Waals surface area contributed by atoms with E-state index in [-0.39, 0.29) is 18.0 Å². The van der Waals surface area contributed by atoms with Gasteiger partial charge in [-0.15, -0.1) is 0 Å². The van der Waals surface area contributed by atoms with Crippen LogP contribution in [0.4, 0.5) is 0 Å². The van der Waals surface area contributed by atoms with Gasteiger partial charge in [-0.1, -0.05) is 11.2 Å². The van der Waals surface area contributed by atoms with Gasteiger partial charge < -0.3 is 14.0 Å². The van der Waals surface area contributed by atoms with Crippen molar-refractivity contribution >= 4 is 5.91 Å². The number of amides is 1. The number of rotatable bonds is 4. The van der Waals surface area contributed by atoms with Crippen LogP contribution in [0.3, 0.4) is 0 Å². The van der Waals surface area contributed by atoms with E-state index < -0.39 is 0 Å². The molecule has 0 bridgehead atoms. The van der Waals surface area contributed by atoms with E-state index in [2.05, 4.69) is 15.1 Å². The van der Waals surface area contributed by atoms with Crippen LogP contribution in [0.2, 0.25) is 0 Å². The summed E-state index contributed by atoms with van der Waals surface area (Å²) >= 11 is 0. The second kappa shape index (κ2) is 6.45. The van der Waals surface area contributed by atoms with E-state index in [9.17, 15) is 9.59 Å². The maximum absolute atomic E-state index is 12.4. The minimum atomic E-state index is -0.247. The Bertz CT molecular complexity index is 917. The first-order valence-electron chi connectivity index (χ1n) is 7.21. The van der Waals surface area contributed by atoms with Gasteiger partial charge in [-0.05, 0) is 18.2 Å². The molecule has 0 N–H and O–H groups in total. The Balaban J connectivity index is 1.74. The normalized spacial score (nSPS) is 10.6. The third-order valence-corrected chi connectivity index (χ3v) is 3.41. The highest BCUT2D eigenvalue weighted by Crippen LogP contribution is 2.13. The molecule has 122 valence electrons. The fourth-order valence-corrected chi connectivity index (χ4v) is 2.13. The van der Waals surface area contributed by atoms with Crippen molar-refractivity contribution in [2.45, 2.75) is 6.54 Å². The molecule has 0 atom stereocenters. The first-order valence-corrected chi connectivity index (χ1v) is 7.21. The molecule has 1 amide bonds. The molecule has 0 aliphatic carbocycles. The van der Waals surface area contributed by atoms with E-state index in [4.69, 9.17) is 4.52 Å². The third-order valence-electron chi connectivity index (χ3n) is 3.41. The second-order valence-electron chi connectivity index (χ2n) is 5.25. The summed E-state index contributed by atoms with van der Waals surface area (Å²) in [5.74, 6) is 0.424. The number of nitrogens with zero attached hydrogens (tertiary/aromatic N) is 5. The van der Waals surface area contributed by atoms with E-state index in [0.717, 1.165) is 0 Å². The van der Waals surface area contributed by atoms with Crippen LogP contribution in [-0.2, 0) is 13.6 Å². The Labute approximate surface area is 137 Å². The van der Waals surface area contributed by atoms with Gasteiger partial charge in [0.25, 0.3) is 5.91 Å². The lowest BCUT2D eigenvalue weighted by molar-refractivity contribution is 0.0768. The van der Waals surface area contributed by atoms with Crippen LogP contribution in [0.25, 0.3) is 11.5 Å². The monoisotopic (exact) mass is 325 g/mol. The van der Waals surface area contributed by atoms with Crippen molar-refractivity contribution in [3.05, 3.63) is 64.5 Å². The summed E-state index contributed by atoms with van der Waals surface area (Å²) in [5.41, 5.74) is 0.828. The van der Waals surface area contributed by atoms with Gasteiger partial charge in [0.15, 0.2) is 0 Å². The van der Waals surface area contributed by atoms with Crippen molar-refractivity contribution in [3.8, 4) is 11.5 Å². The third kappa shape index (κ3) is 3.22. The first kappa shape index (κ1) is 15.6. The predicted molar refractivity (Wildman–Crippen MR) is 85.0 cm³/mol. The molecule has 0 fully saturated rings. The van der Waals surface area contributed by atoms with E-state index >= 15 is 0 Å². The van der Waals surface area contributed by atoms with Crippen LogP contribution >= 0.6 is 0 Å². The topological polar surface area (TPSA) is 94.1 Å². The molecule has 0 unspecified atom stereocenters. The quantitative estimate of drug-likeness (QED) is 0.713. The lowest BCUT2D eigenvalue weighted by atomic mass is 10.2. The number of aryl methyl sites for hydroxylation is 1. The molecule has 0 saturated carbocycles. The van der Waals surface area contributed by atoms with Crippen molar-refractivity contribution in [3.63, 3.8) is 0 Å². The average molecular weight is 325 g/mol. The van der Waals surface area contributed by atoms with Crippen molar-refractivity contribution in [1.29, 1.82) is 0 Å². The van der Waals surface area contributed by atoms with Crippen LogP contribution < -0.4 is 5.56 Å². The Hall–Kier alpha value is -3.29. The van der Waals surface area contributed by atoms with E-state index in [0.29, 0.717) is 23.0 Å². The van der Waals surface area contributed by atoms with Crippen LogP contribution in [0.15, 0.2) is 52.0 Å². The van der Waals surface area contributed by atoms with Crippen LogP contribution in [0.1, 0.15) is 16.2 Å². The zero-order valence-corrected chi connectivity index (χ0v) is 13.2. The van der Waals surface area contributed by atoms with Gasteiger partial charge in [-0.2, -0.15) is 4.98 Å². The van der Waals surface area contributed by atoms with E-state index in [1.54, 1.807) is 32.4 Å². The highest BCUT2D eigenvalue weighted by atomic mass is 16.5. The fourth-order valence-electron chi connectivity index (χ4n) is 2.13. The molecular formula is C16H15N5O3. The number of aromatic nitrogens is 4. The average Bonchev–Trinajstić information content (AvgIpc) is 3.06. The van der Waals surface area contributed by atoms with Gasteiger partial charge in [0, 0.05) is 32.6 Å². The van der Waals surface area contributed by atoms with E-state index in [1.165, 1.54) is 27.8 Å². The summed E-state index contributed by atoms with van der Waals surface area (Å²) in [6.45, 7) is 0.154. The van der Waals surface area contributed by atoms with Gasteiger partial charge in [0.1, 0.15) is 5.69 Å². The molecule has 0 aliphatic heterocycles.